The zero-order chi connectivity index (χ0) is 16.4. The summed E-state index contributed by atoms with van der Waals surface area (Å²) in [4.78, 5) is 23.0. The number of esters is 2. The van der Waals surface area contributed by atoms with Gasteiger partial charge in [0.25, 0.3) is 0 Å². The third-order valence-electron chi connectivity index (χ3n) is 4.89. The van der Waals surface area contributed by atoms with Gasteiger partial charge in [-0.3, -0.25) is 9.59 Å². The Bertz CT molecular complexity index is 332. The molecule has 1 unspecified atom stereocenters. The van der Waals surface area contributed by atoms with Crippen LogP contribution in [0.25, 0.3) is 0 Å². The predicted molar refractivity (Wildman–Crippen MR) is 86.3 cm³/mol. The summed E-state index contributed by atoms with van der Waals surface area (Å²) >= 11 is 0. The number of ether oxygens (including phenoxy) is 2. The Balaban J connectivity index is 2.08. The molecule has 0 saturated heterocycles. The number of hydrogen-bond acceptors (Lipinski definition) is 4. The first-order chi connectivity index (χ1) is 10.6. The van der Waals surface area contributed by atoms with Crippen molar-refractivity contribution >= 4 is 11.9 Å². The zero-order valence-corrected chi connectivity index (χ0v) is 14.4. The molecule has 1 atom stereocenters. The number of carbonyl (C=O) groups is 2. The molecule has 0 bridgehead atoms. The fourth-order valence-corrected chi connectivity index (χ4v) is 3.04. The highest BCUT2D eigenvalue weighted by Gasteiger charge is 2.29. The average molecular weight is 312 g/mol. The van der Waals surface area contributed by atoms with E-state index in [9.17, 15) is 9.59 Å². The smallest absolute Gasteiger partial charge is 0.308 e. The number of carbonyl (C=O) groups excluding carboxylic acids is 2. The van der Waals surface area contributed by atoms with Gasteiger partial charge in [-0.15, -0.1) is 0 Å². The molecule has 1 rings (SSSR count). The third-order valence-corrected chi connectivity index (χ3v) is 4.89. The molecule has 4 nitrogen and oxygen atoms in total. The van der Waals surface area contributed by atoms with Crippen molar-refractivity contribution in [3.63, 3.8) is 0 Å². The third kappa shape index (κ3) is 6.80. The maximum absolute atomic E-state index is 12.0. The summed E-state index contributed by atoms with van der Waals surface area (Å²) in [6.45, 7) is 7.19. The van der Waals surface area contributed by atoms with E-state index in [-0.39, 0.29) is 17.9 Å². The molecule has 128 valence electrons. The largest absolute Gasteiger partial charge is 0.466 e. The van der Waals surface area contributed by atoms with Crippen molar-refractivity contribution in [1.82, 2.24) is 0 Å². The van der Waals surface area contributed by atoms with Crippen LogP contribution in [-0.4, -0.2) is 25.2 Å². The normalized spacial score (nSPS) is 22.9. The van der Waals surface area contributed by atoms with E-state index in [1.165, 1.54) is 6.42 Å². The van der Waals surface area contributed by atoms with E-state index in [0.717, 1.165) is 50.4 Å². The van der Waals surface area contributed by atoms with E-state index < -0.39 is 0 Å². The molecule has 1 aliphatic rings. The van der Waals surface area contributed by atoms with Crippen LogP contribution < -0.4 is 0 Å². The first-order valence-corrected chi connectivity index (χ1v) is 8.90. The van der Waals surface area contributed by atoms with Crippen molar-refractivity contribution in [3.05, 3.63) is 0 Å². The van der Waals surface area contributed by atoms with Gasteiger partial charge in [0.2, 0.25) is 0 Å². The van der Waals surface area contributed by atoms with Crippen LogP contribution in [0.2, 0.25) is 0 Å². The Kier molecular flexibility index (Phi) is 9.17. The first-order valence-electron chi connectivity index (χ1n) is 8.90. The van der Waals surface area contributed by atoms with Crippen molar-refractivity contribution in [2.45, 2.75) is 72.1 Å². The van der Waals surface area contributed by atoms with E-state index in [2.05, 4.69) is 13.8 Å². The standard InChI is InChI=1S/C18H32O4/c1-4-14(3)15-8-10-16(11-9-15)18(20)22-13-7-6-12-21-17(19)5-2/h14-16H,4-13H2,1-3H3. The minimum Gasteiger partial charge on any atom is -0.466 e. The highest BCUT2D eigenvalue weighted by Crippen LogP contribution is 2.35. The number of unbranched alkanes of at least 4 members (excludes halogenated alkanes) is 1. The van der Waals surface area contributed by atoms with Crippen LogP contribution in [0.4, 0.5) is 0 Å². The van der Waals surface area contributed by atoms with Gasteiger partial charge in [-0.05, 0) is 50.4 Å². The maximum atomic E-state index is 12.0. The molecule has 1 aliphatic carbocycles. The summed E-state index contributed by atoms with van der Waals surface area (Å²) in [5.41, 5.74) is 0. The molecule has 0 spiro atoms. The minimum atomic E-state index is -0.171. The van der Waals surface area contributed by atoms with Crippen LogP contribution in [0.1, 0.15) is 72.1 Å². The van der Waals surface area contributed by atoms with Crippen LogP contribution in [-0.2, 0) is 19.1 Å². The van der Waals surface area contributed by atoms with Gasteiger partial charge in [-0.2, -0.15) is 0 Å². The minimum absolute atomic E-state index is 0.0341. The lowest BCUT2D eigenvalue weighted by atomic mass is 9.75. The first kappa shape index (κ1) is 19.0. The second kappa shape index (κ2) is 10.6. The van der Waals surface area contributed by atoms with Gasteiger partial charge in [0.15, 0.2) is 0 Å². The van der Waals surface area contributed by atoms with Crippen LogP contribution in [0, 0.1) is 17.8 Å². The zero-order valence-electron chi connectivity index (χ0n) is 14.4. The van der Waals surface area contributed by atoms with E-state index in [0.29, 0.717) is 19.6 Å². The lowest BCUT2D eigenvalue weighted by Gasteiger charge is -2.30. The molecule has 1 fully saturated rings. The van der Waals surface area contributed by atoms with Gasteiger partial charge in [-0.1, -0.05) is 27.2 Å². The van der Waals surface area contributed by atoms with E-state index >= 15 is 0 Å². The fourth-order valence-electron chi connectivity index (χ4n) is 3.04. The van der Waals surface area contributed by atoms with Crippen LogP contribution in [0.3, 0.4) is 0 Å². The summed E-state index contributed by atoms with van der Waals surface area (Å²) in [5.74, 6) is 1.44. The summed E-state index contributed by atoms with van der Waals surface area (Å²) in [5, 5.41) is 0. The molecule has 0 aromatic heterocycles. The van der Waals surface area contributed by atoms with Crippen LogP contribution in [0.15, 0.2) is 0 Å². The Hall–Kier alpha value is -1.06. The lowest BCUT2D eigenvalue weighted by molar-refractivity contribution is -0.151. The van der Waals surface area contributed by atoms with Crippen LogP contribution in [0.5, 0.6) is 0 Å². The Morgan fingerprint density at radius 2 is 1.59 bits per heavy atom. The van der Waals surface area contributed by atoms with Gasteiger partial charge in [0.1, 0.15) is 0 Å². The molecular formula is C18H32O4. The fraction of sp³-hybridized carbons (Fsp3) is 0.889. The summed E-state index contributed by atoms with van der Waals surface area (Å²) in [7, 11) is 0. The highest BCUT2D eigenvalue weighted by atomic mass is 16.5. The second-order valence-corrected chi connectivity index (χ2v) is 6.45. The van der Waals surface area contributed by atoms with E-state index in [1.54, 1.807) is 6.92 Å². The van der Waals surface area contributed by atoms with Crippen molar-refractivity contribution in [3.8, 4) is 0 Å². The van der Waals surface area contributed by atoms with Gasteiger partial charge in [0.05, 0.1) is 19.1 Å². The topological polar surface area (TPSA) is 52.6 Å². The average Bonchev–Trinajstić information content (AvgIpc) is 2.56. The summed E-state index contributed by atoms with van der Waals surface area (Å²) in [6, 6.07) is 0. The highest BCUT2D eigenvalue weighted by molar-refractivity contribution is 5.72. The molecule has 0 aliphatic heterocycles. The second-order valence-electron chi connectivity index (χ2n) is 6.45. The molecule has 0 heterocycles. The lowest BCUT2D eigenvalue weighted by Crippen LogP contribution is -2.26. The van der Waals surface area contributed by atoms with E-state index in [1.807, 2.05) is 0 Å². The Morgan fingerprint density at radius 1 is 1.00 bits per heavy atom. The Labute approximate surface area is 134 Å². The van der Waals surface area contributed by atoms with Gasteiger partial charge in [0, 0.05) is 6.42 Å². The van der Waals surface area contributed by atoms with Crippen molar-refractivity contribution in [2.75, 3.05) is 13.2 Å². The Morgan fingerprint density at radius 3 is 2.14 bits per heavy atom. The predicted octanol–water partition coefficient (Wildman–Crippen LogP) is 4.12. The maximum Gasteiger partial charge on any atom is 0.308 e. The number of rotatable bonds is 9. The molecule has 0 N–H and O–H groups in total. The van der Waals surface area contributed by atoms with Crippen LogP contribution >= 0.6 is 0 Å². The van der Waals surface area contributed by atoms with Gasteiger partial charge < -0.3 is 9.47 Å². The van der Waals surface area contributed by atoms with Gasteiger partial charge in [-0.25, -0.2) is 0 Å². The molecule has 0 radical (unpaired) electrons. The van der Waals surface area contributed by atoms with Gasteiger partial charge >= 0.3 is 11.9 Å². The van der Waals surface area contributed by atoms with Crippen molar-refractivity contribution < 1.29 is 19.1 Å². The monoisotopic (exact) mass is 312 g/mol. The quantitative estimate of drug-likeness (QED) is 0.475. The van der Waals surface area contributed by atoms with Crippen molar-refractivity contribution in [2.24, 2.45) is 17.8 Å². The molecule has 4 heteroatoms. The van der Waals surface area contributed by atoms with E-state index in [4.69, 9.17) is 9.47 Å². The molecule has 0 amide bonds. The number of hydrogen-bond donors (Lipinski definition) is 0. The molecule has 1 saturated carbocycles. The SMILES string of the molecule is CCC(=O)OCCCCOC(=O)C1CCC(C(C)CC)CC1. The summed E-state index contributed by atoms with van der Waals surface area (Å²) < 4.78 is 10.3. The molecule has 0 aromatic carbocycles. The van der Waals surface area contributed by atoms with Crippen molar-refractivity contribution in [1.29, 1.82) is 0 Å². The molecular weight excluding hydrogens is 280 g/mol. The summed E-state index contributed by atoms with van der Waals surface area (Å²) in [6.07, 6.45) is 7.40. The molecule has 0 aromatic rings. The molecule has 22 heavy (non-hydrogen) atoms.